The van der Waals surface area contributed by atoms with Crippen LogP contribution in [0.4, 0.5) is 23.2 Å². The molecule has 1 unspecified atom stereocenters. The number of anilines is 1. The molecule has 6 heteroatoms. The van der Waals surface area contributed by atoms with E-state index in [-0.39, 0.29) is 5.69 Å². The summed E-state index contributed by atoms with van der Waals surface area (Å²) in [4.78, 5) is 0.801. The summed E-state index contributed by atoms with van der Waals surface area (Å²) in [7, 11) is 1.17. The lowest BCUT2D eigenvalue weighted by Gasteiger charge is -2.30. The van der Waals surface area contributed by atoms with Crippen molar-refractivity contribution in [2.24, 2.45) is 5.73 Å². The van der Waals surface area contributed by atoms with E-state index in [0.29, 0.717) is 0 Å². The summed E-state index contributed by atoms with van der Waals surface area (Å²) in [5.41, 5.74) is 4.95. The van der Waals surface area contributed by atoms with Crippen molar-refractivity contribution in [3.05, 3.63) is 30.1 Å². The molecule has 1 atom stereocenters. The molecule has 90 valence electrons. The van der Waals surface area contributed by atoms with Crippen LogP contribution in [0.25, 0.3) is 0 Å². The van der Waals surface area contributed by atoms with Gasteiger partial charge in [-0.3, -0.25) is 0 Å². The molecule has 2 N–H and O–H groups in total. The lowest BCUT2D eigenvalue weighted by Crippen LogP contribution is -2.49. The van der Waals surface area contributed by atoms with Crippen LogP contribution >= 0.6 is 0 Å². The Kier molecular flexibility index (Phi) is 3.74. The average Bonchev–Trinajstić information content (AvgIpc) is 2.17. The van der Waals surface area contributed by atoms with E-state index in [2.05, 4.69) is 0 Å². The van der Waals surface area contributed by atoms with Crippen molar-refractivity contribution in [1.29, 1.82) is 0 Å². The lowest BCUT2D eigenvalue weighted by atomic mass is 10.2. The van der Waals surface area contributed by atoms with Crippen LogP contribution in [0.2, 0.25) is 0 Å². The number of nitrogens with zero attached hydrogens (tertiary/aromatic N) is 1. The van der Waals surface area contributed by atoms with E-state index in [0.717, 1.165) is 11.0 Å². The highest BCUT2D eigenvalue weighted by atomic mass is 19.4. The molecule has 2 nitrogen and oxygen atoms in total. The van der Waals surface area contributed by atoms with Gasteiger partial charge in [-0.15, -0.1) is 0 Å². The second-order valence-electron chi connectivity index (χ2n) is 3.36. The van der Waals surface area contributed by atoms with Gasteiger partial charge in [0.2, 0.25) is 0 Å². The number of alkyl halides is 3. The molecule has 0 spiro atoms. The van der Waals surface area contributed by atoms with Gasteiger partial charge in [-0.05, 0) is 12.1 Å². The van der Waals surface area contributed by atoms with E-state index >= 15 is 0 Å². The summed E-state index contributed by atoms with van der Waals surface area (Å²) < 4.78 is 50.9. The van der Waals surface area contributed by atoms with Gasteiger partial charge in [-0.2, -0.15) is 13.2 Å². The van der Waals surface area contributed by atoms with Gasteiger partial charge in [-0.25, -0.2) is 4.39 Å². The Hall–Kier alpha value is -1.30. The van der Waals surface area contributed by atoms with Gasteiger partial charge < -0.3 is 10.6 Å². The van der Waals surface area contributed by atoms with Crippen molar-refractivity contribution < 1.29 is 17.6 Å². The average molecular weight is 236 g/mol. The third-order valence-electron chi connectivity index (χ3n) is 2.30. The Balaban J connectivity index is 3.01. The number of benzene rings is 1. The first-order valence-corrected chi connectivity index (χ1v) is 4.62. The van der Waals surface area contributed by atoms with Crippen LogP contribution < -0.4 is 10.6 Å². The Morgan fingerprint density at radius 2 is 1.88 bits per heavy atom. The van der Waals surface area contributed by atoms with Crippen molar-refractivity contribution in [2.75, 3.05) is 18.5 Å². The molecule has 0 saturated heterocycles. The van der Waals surface area contributed by atoms with E-state index in [9.17, 15) is 17.6 Å². The van der Waals surface area contributed by atoms with Gasteiger partial charge >= 0.3 is 6.18 Å². The molecule has 0 saturated carbocycles. The maximum absolute atomic E-state index is 13.3. The number of hydrogen-bond acceptors (Lipinski definition) is 2. The van der Waals surface area contributed by atoms with Crippen molar-refractivity contribution in [3.63, 3.8) is 0 Å². The number of likely N-dealkylation sites (N-methyl/N-ethyl adjacent to an activating group) is 1. The molecule has 0 aromatic heterocycles. The number of para-hydroxylation sites is 1. The molecule has 0 aliphatic heterocycles. The summed E-state index contributed by atoms with van der Waals surface area (Å²) in [6.07, 6.45) is -4.48. The van der Waals surface area contributed by atoms with Crippen LogP contribution in [-0.2, 0) is 0 Å². The SMILES string of the molecule is CN(c1ccccc1F)C(CN)C(F)(F)F. The van der Waals surface area contributed by atoms with Crippen LogP contribution in [-0.4, -0.2) is 25.8 Å². The van der Waals surface area contributed by atoms with Gasteiger partial charge in [0.15, 0.2) is 0 Å². The van der Waals surface area contributed by atoms with Crippen molar-refractivity contribution >= 4 is 5.69 Å². The molecule has 1 rings (SSSR count). The zero-order valence-electron chi connectivity index (χ0n) is 8.63. The smallest absolute Gasteiger partial charge is 0.360 e. The fourth-order valence-corrected chi connectivity index (χ4v) is 1.42. The Labute approximate surface area is 90.7 Å². The molecule has 0 amide bonds. The van der Waals surface area contributed by atoms with E-state index < -0.39 is 24.6 Å². The van der Waals surface area contributed by atoms with E-state index in [4.69, 9.17) is 5.73 Å². The maximum atomic E-state index is 13.3. The molecule has 1 aromatic carbocycles. The van der Waals surface area contributed by atoms with Crippen LogP contribution in [0.15, 0.2) is 24.3 Å². The first-order valence-electron chi connectivity index (χ1n) is 4.62. The minimum absolute atomic E-state index is 0.115. The Bertz CT molecular complexity index is 351. The van der Waals surface area contributed by atoms with E-state index in [1.807, 2.05) is 0 Å². The fourth-order valence-electron chi connectivity index (χ4n) is 1.42. The number of nitrogens with two attached hydrogens (primary N) is 1. The minimum Gasteiger partial charge on any atom is -0.360 e. The highest BCUT2D eigenvalue weighted by Gasteiger charge is 2.42. The molecule has 0 aliphatic carbocycles. The second kappa shape index (κ2) is 4.69. The monoisotopic (exact) mass is 236 g/mol. The summed E-state index contributed by atoms with van der Waals surface area (Å²) in [6.45, 7) is -0.617. The first kappa shape index (κ1) is 12.8. The van der Waals surface area contributed by atoms with Crippen molar-refractivity contribution in [2.45, 2.75) is 12.2 Å². The lowest BCUT2D eigenvalue weighted by molar-refractivity contribution is -0.145. The molecule has 0 heterocycles. The quantitative estimate of drug-likeness (QED) is 0.815. The minimum atomic E-state index is -4.48. The van der Waals surface area contributed by atoms with Crippen LogP contribution in [0.1, 0.15) is 0 Å². The highest BCUT2D eigenvalue weighted by Crippen LogP contribution is 2.28. The largest absolute Gasteiger partial charge is 0.409 e. The predicted octanol–water partition coefficient (Wildman–Crippen LogP) is 2.15. The van der Waals surface area contributed by atoms with Gasteiger partial charge in [0.25, 0.3) is 0 Å². The molecular weight excluding hydrogens is 224 g/mol. The molecule has 16 heavy (non-hydrogen) atoms. The van der Waals surface area contributed by atoms with Gasteiger partial charge in [-0.1, -0.05) is 12.1 Å². The number of hydrogen-bond donors (Lipinski definition) is 1. The first-order chi connectivity index (χ1) is 7.38. The topological polar surface area (TPSA) is 29.3 Å². The number of halogens is 4. The summed E-state index contributed by atoms with van der Waals surface area (Å²) in [5, 5.41) is 0. The van der Waals surface area contributed by atoms with Crippen molar-refractivity contribution in [3.8, 4) is 0 Å². The van der Waals surface area contributed by atoms with Crippen LogP contribution in [0, 0.1) is 5.82 Å². The third kappa shape index (κ3) is 2.63. The number of rotatable bonds is 3. The molecular formula is C10H12F4N2. The summed E-state index contributed by atoms with van der Waals surface area (Å²) in [5.74, 6) is -0.701. The zero-order chi connectivity index (χ0) is 12.3. The van der Waals surface area contributed by atoms with Gasteiger partial charge in [0.05, 0.1) is 5.69 Å². The van der Waals surface area contributed by atoms with Gasteiger partial charge in [0, 0.05) is 13.6 Å². The molecule has 1 aromatic rings. The Morgan fingerprint density at radius 1 is 1.31 bits per heavy atom. The van der Waals surface area contributed by atoms with E-state index in [1.54, 1.807) is 0 Å². The molecule has 0 bridgehead atoms. The normalized spacial score (nSPS) is 13.6. The third-order valence-corrected chi connectivity index (χ3v) is 2.30. The summed E-state index contributed by atoms with van der Waals surface area (Å²) >= 11 is 0. The maximum Gasteiger partial charge on any atom is 0.409 e. The zero-order valence-corrected chi connectivity index (χ0v) is 8.63. The van der Waals surface area contributed by atoms with Crippen LogP contribution in [0.5, 0.6) is 0 Å². The summed E-state index contributed by atoms with van der Waals surface area (Å²) in [6, 6.07) is 3.39. The highest BCUT2D eigenvalue weighted by molar-refractivity contribution is 5.48. The van der Waals surface area contributed by atoms with Gasteiger partial charge in [0.1, 0.15) is 11.9 Å². The second-order valence-corrected chi connectivity index (χ2v) is 3.36. The van der Waals surface area contributed by atoms with E-state index in [1.165, 1.54) is 25.2 Å². The molecule has 0 radical (unpaired) electrons. The predicted molar refractivity (Wildman–Crippen MR) is 53.7 cm³/mol. The Morgan fingerprint density at radius 3 is 2.31 bits per heavy atom. The van der Waals surface area contributed by atoms with Crippen LogP contribution in [0.3, 0.4) is 0 Å². The molecule has 0 fully saturated rings. The van der Waals surface area contributed by atoms with Crippen molar-refractivity contribution in [1.82, 2.24) is 0 Å². The molecule has 0 aliphatic rings. The fraction of sp³-hybridized carbons (Fsp3) is 0.400. The standard InChI is InChI=1S/C10H12F4N2/c1-16(9(6-15)10(12,13)14)8-5-3-2-4-7(8)11/h2-5,9H,6,15H2,1H3.